The highest BCUT2D eigenvalue weighted by Crippen LogP contribution is 2.16. The SMILES string of the molecule is COC(=O)N1CCC[C@H]1CN. The molecule has 4 nitrogen and oxygen atoms in total. The van der Waals surface area contributed by atoms with Crippen molar-refractivity contribution in [3.05, 3.63) is 0 Å². The normalized spacial score (nSPS) is 23.8. The fourth-order valence-electron chi connectivity index (χ4n) is 1.44. The van der Waals surface area contributed by atoms with Gasteiger partial charge in [-0.15, -0.1) is 0 Å². The number of methoxy groups -OCH3 is 1. The number of nitrogens with two attached hydrogens (primary N) is 1. The molecule has 2 N–H and O–H groups in total. The summed E-state index contributed by atoms with van der Waals surface area (Å²) < 4.78 is 4.60. The Balaban J connectivity index is 2.49. The van der Waals surface area contributed by atoms with Crippen LogP contribution in [0.25, 0.3) is 0 Å². The smallest absolute Gasteiger partial charge is 0.409 e. The Bertz CT molecular complexity index is 149. The van der Waals surface area contributed by atoms with Crippen LogP contribution in [0.4, 0.5) is 4.79 Å². The summed E-state index contributed by atoms with van der Waals surface area (Å²) in [5.74, 6) is 0. The van der Waals surface area contributed by atoms with Crippen LogP contribution in [0.3, 0.4) is 0 Å². The summed E-state index contributed by atoms with van der Waals surface area (Å²) in [5, 5.41) is 0. The van der Waals surface area contributed by atoms with E-state index in [-0.39, 0.29) is 12.1 Å². The third kappa shape index (κ3) is 1.63. The molecule has 4 heteroatoms. The second kappa shape index (κ2) is 3.57. The maximum Gasteiger partial charge on any atom is 0.409 e. The van der Waals surface area contributed by atoms with Gasteiger partial charge in [-0.05, 0) is 12.8 Å². The average Bonchev–Trinajstić information content (AvgIpc) is 2.50. The highest BCUT2D eigenvalue weighted by atomic mass is 16.5. The number of hydrogen-bond acceptors (Lipinski definition) is 3. The molecule has 1 aliphatic rings. The van der Waals surface area contributed by atoms with Gasteiger partial charge in [0, 0.05) is 19.1 Å². The number of hydrogen-bond donors (Lipinski definition) is 1. The maximum absolute atomic E-state index is 11.0. The molecule has 64 valence electrons. The Hall–Kier alpha value is -0.770. The van der Waals surface area contributed by atoms with Crippen molar-refractivity contribution >= 4 is 6.09 Å². The van der Waals surface area contributed by atoms with Gasteiger partial charge in [-0.3, -0.25) is 0 Å². The molecule has 0 radical (unpaired) electrons. The van der Waals surface area contributed by atoms with Crippen molar-refractivity contribution < 1.29 is 9.53 Å². The van der Waals surface area contributed by atoms with E-state index in [0.717, 1.165) is 19.4 Å². The predicted molar refractivity (Wildman–Crippen MR) is 41.2 cm³/mol. The molecular formula is C7H14N2O2. The maximum atomic E-state index is 11.0. The van der Waals surface area contributed by atoms with Gasteiger partial charge in [0.1, 0.15) is 0 Å². The van der Waals surface area contributed by atoms with Crippen molar-refractivity contribution in [1.82, 2.24) is 4.90 Å². The molecule has 1 fully saturated rings. The zero-order valence-electron chi connectivity index (χ0n) is 6.75. The first-order valence-electron chi connectivity index (χ1n) is 3.84. The van der Waals surface area contributed by atoms with Gasteiger partial charge in [-0.1, -0.05) is 0 Å². The number of rotatable bonds is 1. The van der Waals surface area contributed by atoms with E-state index >= 15 is 0 Å². The highest BCUT2D eigenvalue weighted by Gasteiger charge is 2.27. The molecule has 0 aliphatic carbocycles. The molecule has 1 heterocycles. The first kappa shape index (κ1) is 8.33. The molecule has 0 spiro atoms. The molecule has 0 aromatic carbocycles. The van der Waals surface area contributed by atoms with Gasteiger partial charge < -0.3 is 15.4 Å². The summed E-state index contributed by atoms with van der Waals surface area (Å²) in [4.78, 5) is 12.7. The third-order valence-electron chi connectivity index (χ3n) is 2.06. The van der Waals surface area contributed by atoms with Crippen LogP contribution in [-0.2, 0) is 4.74 Å². The molecule has 1 rings (SSSR count). The van der Waals surface area contributed by atoms with E-state index < -0.39 is 0 Å². The van der Waals surface area contributed by atoms with Crippen LogP contribution in [0.5, 0.6) is 0 Å². The lowest BCUT2D eigenvalue weighted by Gasteiger charge is -2.21. The molecule has 1 aliphatic heterocycles. The Morgan fingerprint density at radius 2 is 2.55 bits per heavy atom. The van der Waals surface area contributed by atoms with E-state index in [1.165, 1.54) is 7.11 Å². The van der Waals surface area contributed by atoms with E-state index in [0.29, 0.717) is 6.54 Å². The summed E-state index contributed by atoms with van der Waals surface area (Å²) in [6.07, 6.45) is 1.79. The van der Waals surface area contributed by atoms with Crippen molar-refractivity contribution in [3.63, 3.8) is 0 Å². The number of amides is 1. The number of likely N-dealkylation sites (tertiary alicyclic amines) is 1. The van der Waals surface area contributed by atoms with E-state index in [9.17, 15) is 4.79 Å². The quantitative estimate of drug-likeness (QED) is 0.592. The lowest BCUT2D eigenvalue weighted by Crippen LogP contribution is -2.39. The second-order valence-corrected chi connectivity index (χ2v) is 2.70. The molecule has 11 heavy (non-hydrogen) atoms. The van der Waals surface area contributed by atoms with Crippen LogP contribution in [0.1, 0.15) is 12.8 Å². The first-order valence-corrected chi connectivity index (χ1v) is 3.84. The summed E-state index contributed by atoms with van der Waals surface area (Å²) >= 11 is 0. The summed E-state index contributed by atoms with van der Waals surface area (Å²) in [6, 6.07) is 0.197. The van der Waals surface area contributed by atoms with Crippen LogP contribution in [0.15, 0.2) is 0 Å². The molecule has 0 saturated carbocycles. The van der Waals surface area contributed by atoms with Gasteiger partial charge in [0.25, 0.3) is 0 Å². The zero-order chi connectivity index (χ0) is 8.27. The fraction of sp³-hybridized carbons (Fsp3) is 0.857. The number of ether oxygens (including phenoxy) is 1. The summed E-state index contributed by atoms with van der Waals surface area (Å²) in [6.45, 7) is 1.32. The lowest BCUT2D eigenvalue weighted by atomic mass is 10.2. The molecule has 1 amide bonds. The second-order valence-electron chi connectivity index (χ2n) is 2.70. The van der Waals surface area contributed by atoms with Crippen molar-refractivity contribution in [2.24, 2.45) is 5.73 Å². The molecular weight excluding hydrogens is 144 g/mol. The largest absolute Gasteiger partial charge is 0.453 e. The lowest BCUT2D eigenvalue weighted by molar-refractivity contribution is 0.120. The average molecular weight is 158 g/mol. The van der Waals surface area contributed by atoms with Gasteiger partial charge in [0.05, 0.1) is 7.11 Å². The van der Waals surface area contributed by atoms with E-state index in [2.05, 4.69) is 4.74 Å². The van der Waals surface area contributed by atoms with E-state index in [1.54, 1.807) is 4.90 Å². The Morgan fingerprint density at radius 1 is 1.82 bits per heavy atom. The summed E-state index contributed by atoms with van der Waals surface area (Å²) in [7, 11) is 1.40. The molecule has 0 aromatic rings. The summed E-state index contributed by atoms with van der Waals surface area (Å²) in [5.41, 5.74) is 5.47. The third-order valence-corrected chi connectivity index (χ3v) is 2.06. The van der Waals surface area contributed by atoms with Gasteiger partial charge in [0.2, 0.25) is 0 Å². The van der Waals surface area contributed by atoms with Crippen LogP contribution >= 0.6 is 0 Å². The van der Waals surface area contributed by atoms with Gasteiger partial charge in [-0.25, -0.2) is 4.79 Å². The predicted octanol–water partition coefficient (Wildman–Crippen LogP) is 0.176. The van der Waals surface area contributed by atoms with Gasteiger partial charge in [0.15, 0.2) is 0 Å². The molecule has 0 unspecified atom stereocenters. The van der Waals surface area contributed by atoms with Crippen LogP contribution in [0.2, 0.25) is 0 Å². The number of carbonyl (C=O) groups is 1. The first-order chi connectivity index (χ1) is 5.29. The van der Waals surface area contributed by atoms with Crippen LogP contribution < -0.4 is 5.73 Å². The highest BCUT2D eigenvalue weighted by molar-refractivity contribution is 5.68. The molecule has 1 atom stereocenters. The minimum atomic E-state index is -0.252. The molecule has 0 aromatic heterocycles. The standard InChI is InChI=1S/C7H14N2O2/c1-11-7(10)9-4-2-3-6(9)5-8/h6H,2-5,8H2,1H3/t6-/m0/s1. The van der Waals surface area contributed by atoms with E-state index in [4.69, 9.17) is 5.73 Å². The molecule has 1 saturated heterocycles. The Kier molecular flexibility index (Phi) is 2.70. The Morgan fingerprint density at radius 3 is 3.09 bits per heavy atom. The fourth-order valence-corrected chi connectivity index (χ4v) is 1.44. The zero-order valence-corrected chi connectivity index (χ0v) is 6.75. The number of carbonyl (C=O) groups excluding carboxylic acids is 1. The molecule has 0 bridgehead atoms. The minimum Gasteiger partial charge on any atom is -0.453 e. The minimum absolute atomic E-state index is 0.197. The Labute approximate surface area is 66.3 Å². The van der Waals surface area contributed by atoms with Crippen molar-refractivity contribution in [2.45, 2.75) is 18.9 Å². The van der Waals surface area contributed by atoms with Crippen molar-refractivity contribution in [1.29, 1.82) is 0 Å². The van der Waals surface area contributed by atoms with Crippen molar-refractivity contribution in [2.75, 3.05) is 20.2 Å². The van der Waals surface area contributed by atoms with Crippen LogP contribution in [-0.4, -0.2) is 37.2 Å². The monoisotopic (exact) mass is 158 g/mol. The van der Waals surface area contributed by atoms with Gasteiger partial charge in [-0.2, -0.15) is 0 Å². The van der Waals surface area contributed by atoms with Crippen molar-refractivity contribution in [3.8, 4) is 0 Å². The van der Waals surface area contributed by atoms with E-state index in [1.807, 2.05) is 0 Å². The number of nitrogens with zero attached hydrogens (tertiary/aromatic N) is 1. The van der Waals surface area contributed by atoms with Gasteiger partial charge >= 0.3 is 6.09 Å². The topological polar surface area (TPSA) is 55.6 Å². The van der Waals surface area contributed by atoms with Crippen LogP contribution in [0, 0.1) is 0 Å².